The van der Waals surface area contributed by atoms with Gasteiger partial charge in [0.1, 0.15) is 11.6 Å². The molecular formula is C19H21FN2O3. The zero-order chi connectivity index (χ0) is 18.2. The number of carbonyl (C=O) groups excluding carboxylic acids is 2. The van der Waals surface area contributed by atoms with E-state index in [4.69, 9.17) is 0 Å². The Hall–Kier alpha value is -2.89. The predicted octanol–water partition coefficient (Wildman–Crippen LogP) is 2.32. The fourth-order valence-corrected chi connectivity index (χ4v) is 2.27. The van der Waals surface area contributed by atoms with Crippen LogP contribution in [-0.2, 0) is 11.2 Å². The summed E-state index contributed by atoms with van der Waals surface area (Å²) in [6, 6.07) is 11.2. The summed E-state index contributed by atoms with van der Waals surface area (Å²) < 4.78 is 13.4. The van der Waals surface area contributed by atoms with Gasteiger partial charge in [-0.05, 0) is 42.7 Å². The van der Waals surface area contributed by atoms with Gasteiger partial charge in [-0.15, -0.1) is 0 Å². The standard InChI is InChI=1S/C19H21FN2O3/c1-13-6-7-15(12-16(13)20)19(25)22-11-10-21-18(24)9-8-14-4-2-3-5-17(14)23/h2-7,12,23H,8-11H2,1H3,(H,21,24)(H,22,25). The van der Waals surface area contributed by atoms with Crippen LogP contribution < -0.4 is 10.6 Å². The highest BCUT2D eigenvalue weighted by atomic mass is 19.1. The van der Waals surface area contributed by atoms with E-state index in [9.17, 15) is 19.1 Å². The number of hydrogen-bond donors (Lipinski definition) is 3. The average molecular weight is 344 g/mol. The van der Waals surface area contributed by atoms with Gasteiger partial charge in [-0.1, -0.05) is 24.3 Å². The molecule has 0 bridgehead atoms. The maximum absolute atomic E-state index is 13.4. The van der Waals surface area contributed by atoms with Crippen molar-refractivity contribution in [2.45, 2.75) is 19.8 Å². The summed E-state index contributed by atoms with van der Waals surface area (Å²) in [6.45, 7) is 2.15. The average Bonchev–Trinajstić information content (AvgIpc) is 2.60. The first-order valence-corrected chi connectivity index (χ1v) is 8.05. The minimum Gasteiger partial charge on any atom is -0.508 e. The van der Waals surface area contributed by atoms with Crippen molar-refractivity contribution >= 4 is 11.8 Å². The molecule has 2 aromatic carbocycles. The van der Waals surface area contributed by atoms with Gasteiger partial charge in [0.15, 0.2) is 0 Å². The van der Waals surface area contributed by atoms with Gasteiger partial charge in [0, 0.05) is 25.1 Å². The molecule has 25 heavy (non-hydrogen) atoms. The van der Waals surface area contributed by atoms with E-state index in [1.165, 1.54) is 6.07 Å². The molecule has 2 aromatic rings. The fraction of sp³-hybridized carbons (Fsp3) is 0.263. The number of hydrogen-bond acceptors (Lipinski definition) is 3. The Morgan fingerprint density at radius 3 is 2.52 bits per heavy atom. The minimum absolute atomic E-state index is 0.168. The molecule has 2 amide bonds. The normalized spacial score (nSPS) is 10.3. The lowest BCUT2D eigenvalue weighted by Crippen LogP contribution is -2.34. The van der Waals surface area contributed by atoms with Gasteiger partial charge in [0.25, 0.3) is 5.91 Å². The van der Waals surface area contributed by atoms with Crippen molar-refractivity contribution in [3.8, 4) is 5.75 Å². The van der Waals surface area contributed by atoms with Crippen LogP contribution in [0.15, 0.2) is 42.5 Å². The van der Waals surface area contributed by atoms with Crippen LogP contribution in [-0.4, -0.2) is 30.0 Å². The molecule has 0 aliphatic carbocycles. The number of phenolic OH excluding ortho intramolecular Hbond substituents is 1. The molecule has 0 spiro atoms. The number of rotatable bonds is 7. The van der Waals surface area contributed by atoms with Crippen molar-refractivity contribution in [1.82, 2.24) is 10.6 Å². The lowest BCUT2D eigenvalue weighted by Gasteiger charge is -2.08. The van der Waals surface area contributed by atoms with Crippen molar-refractivity contribution in [3.63, 3.8) is 0 Å². The Morgan fingerprint density at radius 2 is 1.80 bits per heavy atom. The maximum atomic E-state index is 13.4. The van der Waals surface area contributed by atoms with Crippen molar-refractivity contribution in [2.24, 2.45) is 0 Å². The molecule has 3 N–H and O–H groups in total. The van der Waals surface area contributed by atoms with Crippen LogP contribution in [0.25, 0.3) is 0 Å². The van der Waals surface area contributed by atoms with Crippen LogP contribution >= 0.6 is 0 Å². The lowest BCUT2D eigenvalue weighted by atomic mass is 10.1. The SMILES string of the molecule is Cc1ccc(C(=O)NCCNC(=O)CCc2ccccc2O)cc1F. The second-order valence-corrected chi connectivity index (χ2v) is 5.70. The molecule has 0 unspecified atom stereocenters. The van der Waals surface area contributed by atoms with Crippen molar-refractivity contribution in [1.29, 1.82) is 0 Å². The second kappa shape index (κ2) is 8.82. The molecule has 0 radical (unpaired) electrons. The summed E-state index contributed by atoms with van der Waals surface area (Å²) in [6.07, 6.45) is 0.683. The molecular weight excluding hydrogens is 323 g/mol. The van der Waals surface area contributed by atoms with Crippen LogP contribution in [0.1, 0.15) is 27.9 Å². The largest absolute Gasteiger partial charge is 0.508 e. The molecule has 0 heterocycles. The molecule has 0 aliphatic heterocycles. The van der Waals surface area contributed by atoms with E-state index in [1.54, 1.807) is 43.3 Å². The smallest absolute Gasteiger partial charge is 0.251 e. The Labute approximate surface area is 145 Å². The molecule has 0 fully saturated rings. The van der Waals surface area contributed by atoms with Crippen LogP contribution in [0.5, 0.6) is 5.75 Å². The third-order valence-corrected chi connectivity index (χ3v) is 3.78. The number of phenols is 1. The van der Waals surface area contributed by atoms with Gasteiger partial charge in [-0.25, -0.2) is 4.39 Å². The summed E-state index contributed by atoms with van der Waals surface area (Å²) in [5.74, 6) is -0.806. The van der Waals surface area contributed by atoms with Crippen LogP contribution in [0.2, 0.25) is 0 Å². The Kier molecular flexibility index (Phi) is 6.51. The Bertz CT molecular complexity index is 762. The summed E-state index contributed by atoms with van der Waals surface area (Å²) in [5, 5.41) is 15.0. The molecule has 0 saturated carbocycles. The number of aromatic hydroxyl groups is 1. The molecule has 2 rings (SSSR count). The molecule has 132 valence electrons. The highest BCUT2D eigenvalue weighted by Crippen LogP contribution is 2.16. The van der Waals surface area contributed by atoms with E-state index >= 15 is 0 Å². The van der Waals surface area contributed by atoms with Crippen LogP contribution in [0.3, 0.4) is 0 Å². The summed E-state index contributed by atoms with van der Waals surface area (Å²) >= 11 is 0. The highest BCUT2D eigenvalue weighted by Gasteiger charge is 2.08. The quantitative estimate of drug-likeness (QED) is 0.675. The van der Waals surface area contributed by atoms with Gasteiger partial charge in [0.05, 0.1) is 0 Å². The lowest BCUT2D eigenvalue weighted by molar-refractivity contribution is -0.121. The second-order valence-electron chi connectivity index (χ2n) is 5.70. The minimum atomic E-state index is -0.426. The molecule has 0 atom stereocenters. The number of nitrogens with one attached hydrogen (secondary N) is 2. The van der Waals surface area contributed by atoms with Crippen molar-refractivity contribution in [3.05, 3.63) is 65.0 Å². The number of carbonyl (C=O) groups is 2. The number of para-hydroxylation sites is 1. The predicted molar refractivity (Wildman–Crippen MR) is 92.9 cm³/mol. The van der Waals surface area contributed by atoms with Gasteiger partial charge >= 0.3 is 0 Å². The Balaban J connectivity index is 1.68. The zero-order valence-corrected chi connectivity index (χ0v) is 14.0. The zero-order valence-electron chi connectivity index (χ0n) is 14.0. The topological polar surface area (TPSA) is 78.4 Å². The number of aryl methyl sites for hydroxylation is 2. The Morgan fingerprint density at radius 1 is 1.08 bits per heavy atom. The van der Waals surface area contributed by atoms with E-state index < -0.39 is 5.82 Å². The summed E-state index contributed by atoms with van der Waals surface area (Å²) in [4.78, 5) is 23.7. The van der Waals surface area contributed by atoms with E-state index in [2.05, 4.69) is 10.6 Å². The first-order chi connectivity index (χ1) is 12.0. The van der Waals surface area contributed by atoms with Gasteiger partial charge in [-0.3, -0.25) is 9.59 Å². The van der Waals surface area contributed by atoms with Crippen LogP contribution in [0.4, 0.5) is 4.39 Å². The first kappa shape index (κ1) is 18.4. The van der Waals surface area contributed by atoms with Gasteiger partial charge in [-0.2, -0.15) is 0 Å². The fourth-order valence-electron chi connectivity index (χ4n) is 2.27. The van der Waals surface area contributed by atoms with Crippen molar-refractivity contribution in [2.75, 3.05) is 13.1 Å². The molecule has 5 nitrogen and oxygen atoms in total. The number of benzene rings is 2. The van der Waals surface area contributed by atoms with Gasteiger partial charge in [0.2, 0.25) is 5.91 Å². The van der Waals surface area contributed by atoms with E-state index in [-0.39, 0.29) is 42.6 Å². The van der Waals surface area contributed by atoms with E-state index in [1.807, 2.05) is 0 Å². The molecule has 0 aliphatic rings. The van der Waals surface area contributed by atoms with E-state index in [0.717, 1.165) is 0 Å². The molecule has 6 heteroatoms. The number of amides is 2. The van der Waals surface area contributed by atoms with Gasteiger partial charge < -0.3 is 15.7 Å². The third kappa shape index (κ3) is 5.60. The maximum Gasteiger partial charge on any atom is 0.251 e. The molecule has 0 aromatic heterocycles. The summed E-state index contributed by atoms with van der Waals surface area (Å²) in [7, 11) is 0. The first-order valence-electron chi connectivity index (χ1n) is 8.05. The summed E-state index contributed by atoms with van der Waals surface area (Å²) in [5.41, 5.74) is 1.44. The number of halogens is 1. The van der Waals surface area contributed by atoms with E-state index in [0.29, 0.717) is 17.5 Å². The third-order valence-electron chi connectivity index (χ3n) is 3.78. The molecule has 0 saturated heterocycles. The van der Waals surface area contributed by atoms with Crippen molar-refractivity contribution < 1.29 is 19.1 Å². The highest BCUT2D eigenvalue weighted by molar-refractivity contribution is 5.94. The van der Waals surface area contributed by atoms with Crippen LogP contribution in [0, 0.1) is 12.7 Å². The monoisotopic (exact) mass is 344 g/mol.